The number of aryl methyl sites for hydroxylation is 1. The van der Waals surface area contributed by atoms with Crippen molar-refractivity contribution in [3.8, 4) is 0 Å². The van der Waals surface area contributed by atoms with E-state index in [9.17, 15) is 4.79 Å². The minimum absolute atomic E-state index is 0.162. The number of carbonyl (C=O) groups excluding carboxylic acids is 1. The lowest BCUT2D eigenvalue weighted by atomic mass is 10.1. The van der Waals surface area contributed by atoms with Crippen LogP contribution in [-0.2, 0) is 13.0 Å². The van der Waals surface area contributed by atoms with Crippen molar-refractivity contribution >= 4 is 33.0 Å². The van der Waals surface area contributed by atoms with Gasteiger partial charge in [0, 0.05) is 17.8 Å². The van der Waals surface area contributed by atoms with Crippen LogP contribution >= 0.6 is 27.3 Å². The van der Waals surface area contributed by atoms with Crippen LogP contribution in [0.25, 0.3) is 0 Å². The first-order valence-electron chi connectivity index (χ1n) is 6.99. The maximum absolute atomic E-state index is 12.4. The molecule has 6 heteroatoms. The molecular formula is C15H20BrN3OS. The largest absolute Gasteiger partial charge is 0.308 e. The third-order valence-corrected chi connectivity index (χ3v) is 4.74. The highest BCUT2D eigenvalue weighted by Crippen LogP contribution is 2.20. The maximum Gasteiger partial charge on any atom is 0.182 e. The third-order valence-electron chi connectivity index (χ3n) is 3.23. The molecule has 0 N–H and O–H groups in total. The molecule has 0 saturated heterocycles. The number of carbonyl (C=O) groups is 1. The number of halogens is 1. The molecule has 2 rings (SSSR count). The van der Waals surface area contributed by atoms with Gasteiger partial charge in [0.15, 0.2) is 5.78 Å². The Hall–Kier alpha value is -0.980. The van der Waals surface area contributed by atoms with Gasteiger partial charge in [0.2, 0.25) is 0 Å². The van der Waals surface area contributed by atoms with Gasteiger partial charge < -0.3 is 4.90 Å². The van der Waals surface area contributed by atoms with E-state index < -0.39 is 0 Å². The molecule has 2 aromatic rings. The molecule has 0 aliphatic heterocycles. The fourth-order valence-electron chi connectivity index (χ4n) is 2.10. The minimum Gasteiger partial charge on any atom is -0.308 e. The summed E-state index contributed by atoms with van der Waals surface area (Å²) >= 11 is 5.19. The number of thiophene rings is 1. The lowest BCUT2D eigenvalue weighted by molar-refractivity contribution is 0.0968. The second-order valence-corrected chi connectivity index (χ2v) is 7.11. The smallest absolute Gasteiger partial charge is 0.182 e. The summed E-state index contributed by atoms with van der Waals surface area (Å²) in [5.41, 5.74) is 0.697. The number of hydrogen-bond donors (Lipinski definition) is 0. The zero-order valence-electron chi connectivity index (χ0n) is 12.4. The SMILES string of the molecule is CN(C)CCn1ncc(Br)c1C(=O)CCCc1cccs1. The minimum atomic E-state index is 0.162. The molecule has 4 nitrogen and oxygen atoms in total. The quantitative estimate of drug-likeness (QED) is 0.668. The molecule has 0 amide bonds. The van der Waals surface area contributed by atoms with E-state index >= 15 is 0 Å². The Morgan fingerprint density at radius 2 is 2.29 bits per heavy atom. The van der Waals surface area contributed by atoms with Crippen molar-refractivity contribution in [2.75, 3.05) is 20.6 Å². The monoisotopic (exact) mass is 369 g/mol. The van der Waals surface area contributed by atoms with Gasteiger partial charge in [-0.1, -0.05) is 6.07 Å². The fraction of sp³-hybridized carbons (Fsp3) is 0.467. The molecule has 0 spiro atoms. The van der Waals surface area contributed by atoms with Crippen LogP contribution in [0.2, 0.25) is 0 Å². The normalized spacial score (nSPS) is 11.2. The van der Waals surface area contributed by atoms with Crippen LogP contribution in [0.15, 0.2) is 28.2 Å². The molecule has 0 aliphatic carbocycles. The van der Waals surface area contributed by atoms with Crippen molar-refractivity contribution in [3.63, 3.8) is 0 Å². The first kappa shape index (κ1) is 16.4. The van der Waals surface area contributed by atoms with E-state index in [0.29, 0.717) is 12.1 Å². The standard InChI is InChI=1S/C15H20BrN3OS/c1-18(2)8-9-19-15(13(16)11-17-19)14(20)7-3-5-12-6-4-10-21-12/h4,6,10-11H,3,5,7-9H2,1-2H3. The number of rotatable bonds is 8. The van der Waals surface area contributed by atoms with Crippen molar-refractivity contribution in [3.05, 3.63) is 38.8 Å². The van der Waals surface area contributed by atoms with Gasteiger partial charge in [0.1, 0.15) is 5.69 Å². The zero-order chi connectivity index (χ0) is 15.2. The Balaban J connectivity index is 1.93. The van der Waals surface area contributed by atoms with Crippen molar-refractivity contribution in [2.45, 2.75) is 25.8 Å². The van der Waals surface area contributed by atoms with Gasteiger partial charge in [-0.25, -0.2) is 0 Å². The molecule has 0 saturated carbocycles. The summed E-state index contributed by atoms with van der Waals surface area (Å²) in [4.78, 5) is 15.8. The van der Waals surface area contributed by atoms with E-state index in [1.165, 1.54) is 4.88 Å². The summed E-state index contributed by atoms with van der Waals surface area (Å²) < 4.78 is 2.60. The Morgan fingerprint density at radius 1 is 1.48 bits per heavy atom. The average molecular weight is 370 g/mol. The van der Waals surface area contributed by atoms with E-state index in [1.807, 2.05) is 14.1 Å². The molecule has 0 fully saturated rings. The van der Waals surface area contributed by atoms with Gasteiger partial charge in [-0.2, -0.15) is 5.10 Å². The second kappa shape index (κ2) is 7.87. The summed E-state index contributed by atoms with van der Waals surface area (Å²) in [6.07, 6.45) is 4.11. The molecule has 0 atom stereocenters. The van der Waals surface area contributed by atoms with Gasteiger partial charge in [0.25, 0.3) is 0 Å². The van der Waals surface area contributed by atoms with Gasteiger partial charge in [-0.15, -0.1) is 11.3 Å². The van der Waals surface area contributed by atoms with Crippen LogP contribution in [0.3, 0.4) is 0 Å². The Labute approximate surface area is 137 Å². The molecule has 0 unspecified atom stereocenters. The van der Waals surface area contributed by atoms with Crippen LogP contribution in [0.4, 0.5) is 0 Å². The Bertz CT molecular complexity index is 578. The number of aromatic nitrogens is 2. The third kappa shape index (κ3) is 4.76. The highest BCUT2D eigenvalue weighted by molar-refractivity contribution is 9.10. The number of nitrogens with zero attached hydrogens (tertiary/aromatic N) is 3. The van der Waals surface area contributed by atoms with Crippen molar-refractivity contribution in [1.29, 1.82) is 0 Å². The molecule has 2 heterocycles. The molecule has 0 aliphatic rings. The van der Waals surface area contributed by atoms with E-state index in [0.717, 1.165) is 30.4 Å². The predicted octanol–water partition coefficient (Wildman–Crippen LogP) is 3.47. The topological polar surface area (TPSA) is 38.1 Å². The second-order valence-electron chi connectivity index (χ2n) is 5.22. The van der Waals surface area contributed by atoms with E-state index in [-0.39, 0.29) is 5.78 Å². The summed E-state index contributed by atoms with van der Waals surface area (Å²) in [7, 11) is 4.03. The molecule has 0 radical (unpaired) electrons. The van der Waals surface area contributed by atoms with Crippen molar-refractivity contribution < 1.29 is 4.79 Å². The average Bonchev–Trinajstić information content (AvgIpc) is 3.06. The van der Waals surface area contributed by atoms with E-state index in [2.05, 4.69) is 43.4 Å². The lowest BCUT2D eigenvalue weighted by Gasteiger charge is -2.11. The van der Waals surface area contributed by atoms with Gasteiger partial charge >= 0.3 is 0 Å². The van der Waals surface area contributed by atoms with Gasteiger partial charge in [-0.05, 0) is 54.3 Å². The van der Waals surface area contributed by atoms with Crippen LogP contribution in [0.5, 0.6) is 0 Å². The van der Waals surface area contributed by atoms with Gasteiger partial charge in [0.05, 0.1) is 17.2 Å². The summed E-state index contributed by atoms with van der Waals surface area (Å²) in [5.74, 6) is 0.162. The van der Waals surface area contributed by atoms with E-state index in [1.54, 1.807) is 22.2 Å². The van der Waals surface area contributed by atoms with Crippen LogP contribution in [0.1, 0.15) is 28.2 Å². The first-order chi connectivity index (χ1) is 10.1. The summed E-state index contributed by atoms with van der Waals surface area (Å²) in [5, 5.41) is 6.36. The Kier molecular flexibility index (Phi) is 6.14. The molecule has 2 aromatic heterocycles. The maximum atomic E-state index is 12.4. The number of ketones is 1. The molecule has 114 valence electrons. The highest BCUT2D eigenvalue weighted by Gasteiger charge is 2.16. The van der Waals surface area contributed by atoms with Crippen LogP contribution < -0.4 is 0 Å². The fourth-order valence-corrected chi connectivity index (χ4v) is 3.37. The molecule has 0 aromatic carbocycles. The number of likely N-dealkylation sites (N-methyl/N-ethyl adjacent to an activating group) is 1. The first-order valence-corrected chi connectivity index (χ1v) is 8.67. The summed E-state index contributed by atoms with van der Waals surface area (Å²) in [6.45, 7) is 1.59. The van der Waals surface area contributed by atoms with Crippen LogP contribution in [-0.4, -0.2) is 41.1 Å². The van der Waals surface area contributed by atoms with E-state index in [4.69, 9.17) is 0 Å². The van der Waals surface area contributed by atoms with Crippen molar-refractivity contribution in [1.82, 2.24) is 14.7 Å². The summed E-state index contributed by atoms with van der Waals surface area (Å²) in [6, 6.07) is 4.17. The highest BCUT2D eigenvalue weighted by atomic mass is 79.9. The predicted molar refractivity (Wildman–Crippen MR) is 90.1 cm³/mol. The molecule has 0 bridgehead atoms. The van der Waals surface area contributed by atoms with Crippen molar-refractivity contribution in [2.24, 2.45) is 0 Å². The van der Waals surface area contributed by atoms with Gasteiger partial charge in [-0.3, -0.25) is 9.48 Å². The lowest BCUT2D eigenvalue weighted by Crippen LogP contribution is -2.21. The van der Waals surface area contributed by atoms with Crippen LogP contribution in [0, 0.1) is 0 Å². The molecule has 21 heavy (non-hydrogen) atoms. The Morgan fingerprint density at radius 3 is 2.95 bits per heavy atom. The number of hydrogen-bond acceptors (Lipinski definition) is 4. The number of Topliss-reactive ketones (excluding diaryl/α,β-unsaturated/α-hetero) is 1. The molecular weight excluding hydrogens is 350 g/mol. The zero-order valence-corrected chi connectivity index (χ0v) is 14.8.